The number of halogens is 1. The first-order valence-electron chi connectivity index (χ1n) is 8.53. The van der Waals surface area contributed by atoms with Crippen molar-refractivity contribution in [3.05, 3.63) is 58.8 Å². The van der Waals surface area contributed by atoms with Crippen molar-refractivity contribution in [3.8, 4) is 0 Å². The van der Waals surface area contributed by atoms with Crippen LogP contribution in [-0.2, 0) is 4.79 Å². The van der Waals surface area contributed by atoms with Crippen molar-refractivity contribution in [3.63, 3.8) is 0 Å². The van der Waals surface area contributed by atoms with Crippen molar-refractivity contribution in [2.75, 3.05) is 31.1 Å². The Balaban J connectivity index is 1.58. The van der Waals surface area contributed by atoms with E-state index >= 15 is 0 Å². The van der Waals surface area contributed by atoms with Gasteiger partial charge in [0.25, 0.3) is 0 Å². The Bertz CT molecular complexity index is 920. The number of H-pyrrole nitrogens is 1. The maximum Gasteiger partial charge on any atom is 0.325 e. The van der Waals surface area contributed by atoms with Crippen LogP contribution in [0.4, 0.5) is 5.82 Å². The second-order valence-corrected chi connectivity index (χ2v) is 7.30. The largest absolute Gasteiger partial charge is 0.480 e. The van der Waals surface area contributed by atoms with Crippen LogP contribution in [0.3, 0.4) is 0 Å². The maximum atomic E-state index is 12.1. The molecule has 26 heavy (non-hydrogen) atoms. The van der Waals surface area contributed by atoms with E-state index in [0.29, 0.717) is 13.1 Å². The second kappa shape index (κ2) is 7.09. The molecule has 1 aromatic carbocycles. The van der Waals surface area contributed by atoms with Crippen molar-refractivity contribution in [2.24, 2.45) is 0 Å². The van der Waals surface area contributed by atoms with Crippen molar-refractivity contribution in [2.45, 2.75) is 6.04 Å². The molecule has 0 bridgehead atoms. The van der Waals surface area contributed by atoms with Gasteiger partial charge >= 0.3 is 5.97 Å². The highest BCUT2D eigenvalue weighted by molar-refractivity contribution is 9.10. The third kappa shape index (κ3) is 3.20. The quantitative estimate of drug-likeness (QED) is 0.685. The molecule has 1 saturated heterocycles. The smallest absolute Gasteiger partial charge is 0.325 e. The fraction of sp³-hybridized carbons (Fsp3) is 0.263. The molecular weight excluding hydrogens is 396 g/mol. The zero-order valence-electron chi connectivity index (χ0n) is 14.1. The number of carboxylic acids is 1. The van der Waals surface area contributed by atoms with Crippen LogP contribution < -0.4 is 4.90 Å². The SMILES string of the molecule is O=C(O)[C@@H](c1c[nH]c2ccc(Br)cc12)N1CCN(c2ccccn2)CC1. The molecule has 4 rings (SSSR count). The summed E-state index contributed by atoms with van der Waals surface area (Å²) in [6, 6.07) is 11.1. The summed E-state index contributed by atoms with van der Waals surface area (Å²) in [5, 5.41) is 10.9. The molecule has 0 amide bonds. The third-order valence-corrected chi connectivity index (χ3v) is 5.35. The number of anilines is 1. The van der Waals surface area contributed by atoms with Crippen LogP contribution in [0.1, 0.15) is 11.6 Å². The normalized spacial score (nSPS) is 16.7. The number of hydrogen-bond donors (Lipinski definition) is 2. The van der Waals surface area contributed by atoms with Gasteiger partial charge in [0, 0.05) is 59.5 Å². The highest BCUT2D eigenvalue weighted by atomic mass is 79.9. The summed E-state index contributed by atoms with van der Waals surface area (Å²) in [5.41, 5.74) is 1.75. The standard InChI is InChI=1S/C19H19BrN4O2/c20-13-4-5-16-14(11-13)15(12-22-16)18(19(25)26)24-9-7-23(8-10-24)17-3-1-2-6-21-17/h1-6,11-12,18,22H,7-10H2,(H,25,26)/t18-/m1/s1. The van der Waals surface area contributed by atoms with Gasteiger partial charge in [0.05, 0.1) is 0 Å². The van der Waals surface area contributed by atoms with E-state index in [1.807, 2.05) is 47.5 Å². The van der Waals surface area contributed by atoms with E-state index in [1.54, 1.807) is 6.20 Å². The summed E-state index contributed by atoms with van der Waals surface area (Å²) in [6.45, 7) is 2.86. The summed E-state index contributed by atoms with van der Waals surface area (Å²) in [5.74, 6) is 0.118. The van der Waals surface area contributed by atoms with Gasteiger partial charge in [0.15, 0.2) is 0 Å². The van der Waals surface area contributed by atoms with Crippen molar-refractivity contribution in [1.82, 2.24) is 14.9 Å². The topological polar surface area (TPSA) is 72.5 Å². The number of benzene rings is 1. The van der Waals surface area contributed by atoms with Gasteiger partial charge in [-0.05, 0) is 30.3 Å². The van der Waals surface area contributed by atoms with Crippen molar-refractivity contribution < 1.29 is 9.90 Å². The molecule has 0 saturated carbocycles. The number of aromatic amines is 1. The molecule has 1 aliphatic rings. The van der Waals surface area contributed by atoms with Crippen LogP contribution in [0.5, 0.6) is 0 Å². The van der Waals surface area contributed by atoms with E-state index < -0.39 is 12.0 Å². The van der Waals surface area contributed by atoms with Gasteiger partial charge in [-0.1, -0.05) is 22.0 Å². The van der Waals surface area contributed by atoms with E-state index in [0.717, 1.165) is 39.8 Å². The number of pyridine rings is 1. The molecule has 0 unspecified atom stereocenters. The van der Waals surface area contributed by atoms with Gasteiger partial charge in [-0.15, -0.1) is 0 Å². The number of fused-ring (bicyclic) bond motifs is 1. The lowest BCUT2D eigenvalue weighted by Gasteiger charge is -2.38. The van der Waals surface area contributed by atoms with Crippen LogP contribution in [0, 0.1) is 0 Å². The lowest BCUT2D eigenvalue weighted by Crippen LogP contribution is -2.49. The molecule has 1 fully saturated rings. The summed E-state index contributed by atoms with van der Waals surface area (Å²) in [7, 11) is 0. The van der Waals surface area contributed by atoms with Crippen LogP contribution in [0.15, 0.2) is 53.3 Å². The summed E-state index contributed by atoms with van der Waals surface area (Å²) >= 11 is 3.48. The number of rotatable bonds is 4. The van der Waals surface area contributed by atoms with Gasteiger partial charge in [-0.25, -0.2) is 4.98 Å². The average molecular weight is 415 g/mol. The second-order valence-electron chi connectivity index (χ2n) is 6.39. The number of piperazine rings is 1. The summed E-state index contributed by atoms with van der Waals surface area (Å²) < 4.78 is 0.940. The van der Waals surface area contributed by atoms with E-state index in [2.05, 4.69) is 30.8 Å². The average Bonchev–Trinajstić information content (AvgIpc) is 3.06. The van der Waals surface area contributed by atoms with Crippen LogP contribution in [0.25, 0.3) is 10.9 Å². The Labute approximate surface area is 159 Å². The minimum absolute atomic E-state index is 0.663. The van der Waals surface area contributed by atoms with Crippen LogP contribution >= 0.6 is 15.9 Å². The van der Waals surface area contributed by atoms with Gasteiger partial charge in [0.2, 0.25) is 0 Å². The number of aromatic nitrogens is 2. The fourth-order valence-electron chi connectivity index (χ4n) is 3.58. The number of nitrogens with zero attached hydrogens (tertiary/aromatic N) is 3. The Hall–Kier alpha value is -2.38. The molecule has 3 aromatic rings. The zero-order valence-corrected chi connectivity index (χ0v) is 15.7. The van der Waals surface area contributed by atoms with E-state index in [-0.39, 0.29) is 0 Å². The molecule has 1 atom stereocenters. The Kier molecular flexibility index (Phi) is 4.65. The van der Waals surface area contributed by atoms with Gasteiger partial charge < -0.3 is 15.0 Å². The molecule has 1 aliphatic heterocycles. The van der Waals surface area contributed by atoms with Crippen LogP contribution in [0.2, 0.25) is 0 Å². The summed E-state index contributed by atoms with van der Waals surface area (Å²) in [4.78, 5) is 23.9. The first kappa shape index (κ1) is 17.1. The highest BCUT2D eigenvalue weighted by Gasteiger charge is 2.32. The minimum atomic E-state index is -0.822. The van der Waals surface area contributed by atoms with Crippen LogP contribution in [-0.4, -0.2) is 52.1 Å². The first-order chi connectivity index (χ1) is 12.6. The Morgan fingerprint density at radius 2 is 2.00 bits per heavy atom. The Morgan fingerprint density at radius 3 is 2.69 bits per heavy atom. The third-order valence-electron chi connectivity index (χ3n) is 4.86. The lowest BCUT2D eigenvalue weighted by molar-refractivity contribution is -0.143. The van der Waals surface area contributed by atoms with Crippen molar-refractivity contribution >= 4 is 38.6 Å². The molecule has 2 N–H and O–H groups in total. The van der Waals surface area contributed by atoms with E-state index in [1.165, 1.54) is 0 Å². The lowest BCUT2D eigenvalue weighted by atomic mass is 10.0. The number of carbonyl (C=O) groups is 1. The molecule has 7 heteroatoms. The number of aliphatic carboxylic acids is 1. The predicted molar refractivity (Wildman–Crippen MR) is 104 cm³/mol. The maximum absolute atomic E-state index is 12.1. The van der Waals surface area contributed by atoms with Gasteiger partial charge in [-0.3, -0.25) is 9.69 Å². The molecule has 0 radical (unpaired) electrons. The fourth-order valence-corrected chi connectivity index (χ4v) is 3.94. The molecule has 2 aromatic heterocycles. The highest BCUT2D eigenvalue weighted by Crippen LogP contribution is 2.31. The molecule has 0 aliphatic carbocycles. The van der Waals surface area contributed by atoms with Gasteiger partial charge in [-0.2, -0.15) is 0 Å². The zero-order chi connectivity index (χ0) is 18.1. The van der Waals surface area contributed by atoms with E-state index in [4.69, 9.17) is 0 Å². The van der Waals surface area contributed by atoms with E-state index in [9.17, 15) is 9.90 Å². The molecule has 134 valence electrons. The van der Waals surface area contributed by atoms with Gasteiger partial charge in [0.1, 0.15) is 11.9 Å². The first-order valence-corrected chi connectivity index (χ1v) is 9.32. The number of nitrogens with one attached hydrogen (secondary N) is 1. The monoisotopic (exact) mass is 414 g/mol. The number of carboxylic acid groups (broad SMARTS) is 1. The Morgan fingerprint density at radius 1 is 1.19 bits per heavy atom. The number of hydrogen-bond acceptors (Lipinski definition) is 4. The molecular formula is C19H19BrN4O2. The van der Waals surface area contributed by atoms with Crippen molar-refractivity contribution in [1.29, 1.82) is 0 Å². The molecule has 6 nitrogen and oxygen atoms in total. The molecule has 0 spiro atoms. The molecule has 3 heterocycles. The predicted octanol–water partition coefficient (Wildman–Crippen LogP) is 3.27. The minimum Gasteiger partial charge on any atom is -0.480 e. The summed E-state index contributed by atoms with van der Waals surface area (Å²) in [6.07, 6.45) is 3.60.